The molecule has 57 heavy (non-hydrogen) atoms. The molecule has 0 fully saturated rings. The fraction of sp³-hybridized carbons (Fsp3) is 0. The van der Waals surface area contributed by atoms with Crippen LogP contribution in [0.2, 0.25) is 0 Å². The quantitative estimate of drug-likeness (QED) is 0.163. The standard InChI is InChI=1S/C54H36N2O/c1-2-19-37(20-3-1)38-21-4-11-30-47(38)55(52-35-16-9-26-43(52)45-28-18-29-46-44-27-10-17-36-53(44)57-54(45)46)48-31-12-5-22-39(48)40-23-6-13-32-49(40)56-50-33-14-7-24-41(50)42-25-8-15-34-51(42)56/h1-36H. The predicted molar refractivity (Wildman–Crippen MR) is 239 cm³/mol. The van der Waals surface area contributed by atoms with Gasteiger partial charge in [0.25, 0.3) is 0 Å². The number of nitrogens with zero attached hydrogens (tertiary/aromatic N) is 2. The minimum Gasteiger partial charge on any atom is -0.455 e. The van der Waals surface area contributed by atoms with Crippen molar-refractivity contribution in [2.45, 2.75) is 0 Å². The highest BCUT2D eigenvalue weighted by molar-refractivity contribution is 6.12. The Kier molecular flexibility index (Phi) is 7.82. The van der Waals surface area contributed by atoms with Gasteiger partial charge in [0.15, 0.2) is 0 Å². The smallest absolute Gasteiger partial charge is 0.143 e. The Labute approximate surface area is 330 Å². The summed E-state index contributed by atoms with van der Waals surface area (Å²) in [4.78, 5) is 2.46. The van der Waals surface area contributed by atoms with Crippen molar-refractivity contribution < 1.29 is 4.42 Å². The molecular formula is C54H36N2O. The average molecular weight is 729 g/mol. The summed E-state index contributed by atoms with van der Waals surface area (Å²) in [5, 5.41) is 4.70. The molecule has 3 nitrogen and oxygen atoms in total. The molecule has 0 saturated carbocycles. The zero-order valence-corrected chi connectivity index (χ0v) is 31.1. The average Bonchev–Trinajstić information content (AvgIpc) is 3.84. The summed E-state index contributed by atoms with van der Waals surface area (Å²) < 4.78 is 9.10. The summed E-state index contributed by atoms with van der Waals surface area (Å²) in [6.45, 7) is 0. The van der Waals surface area contributed by atoms with Crippen LogP contribution in [0, 0.1) is 0 Å². The molecule has 11 rings (SSSR count). The second-order valence-electron chi connectivity index (χ2n) is 14.4. The van der Waals surface area contributed by atoms with Crippen LogP contribution >= 0.6 is 0 Å². The molecule has 2 aromatic heterocycles. The molecule has 0 bridgehead atoms. The molecule has 0 atom stereocenters. The number of anilines is 3. The van der Waals surface area contributed by atoms with E-state index in [9.17, 15) is 0 Å². The number of furan rings is 1. The molecule has 0 aliphatic rings. The van der Waals surface area contributed by atoms with Crippen molar-refractivity contribution in [2.24, 2.45) is 0 Å². The summed E-state index contributed by atoms with van der Waals surface area (Å²) in [6, 6.07) is 78.1. The van der Waals surface area contributed by atoms with E-state index in [1.54, 1.807) is 0 Å². The topological polar surface area (TPSA) is 21.3 Å². The normalized spacial score (nSPS) is 11.5. The second kappa shape index (κ2) is 13.6. The summed E-state index contributed by atoms with van der Waals surface area (Å²) in [5.74, 6) is 0. The number of fused-ring (bicyclic) bond motifs is 6. The van der Waals surface area contributed by atoms with Gasteiger partial charge in [0.2, 0.25) is 0 Å². The number of hydrogen-bond donors (Lipinski definition) is 0. The lowest BCUT2D eigenvalue weighted by molar-refractivity contribution is 0.670. The van der Waals surface area contributed by atoms with Crippen LogP contribution in [0.15, 0.2) is 223 Å². The lowest BCUT2D eigenvalue weighted by atomic mass is 9.95. The second-order valence-corrected chi connectivity index (χ2v) is 14.4. The van der Waals surface area contributed by atoms with Crippen LogP contribution in [0.3, 0.4) is 0 Å². The van der Waals surface area contributed by atoms with Gasteiger partial charge in [-0.05, 0) is 48.0 Å². The number of aromatic nitrogens is 1. The van der Waals surface area contributed by atoms with Crippen molar-refractivity contribution in [2.75, 3.05) is 4.90 Å². The molecule has 0 amide bonds. The molecule has 0 N–H and O–H groups in total. The first-order valence-corrected chi connectivity index (χ1v) is 19.4. The Morgan fingerprint density at radius 1 is 0.316 bits per heavy atom. The molecule has 0 radical (unpaired) electrons. The number of hydrogen-bond acceptors (Lipinski definition) is 2. The fourth-order valence-electron chi connectivity index (χ4n) is 8.75. The van der Waals surface area contributed by atoms with E-state index in [-0.39, 0.29) is 0 Å². The van der Waals surface area contributed by atoms with Gasteiger partial charge in [-0.2, -0.15) is 0 Å². The van der Waals surface area contributed by atoms with Gasteiger partial charge in [0.1, 0.15) is 11.2 Å². The van der Waals surface area contributed by atoms with Gasteiger partial charge in [-0.3, -0.25) is 0 Å². The summed E-state index contributed by atoms with van der Waals surface area (Å²) >= 11 is 0. The van der Waals surface area contributed by atoms with Crippen molar-refractivity contribution in [3.8, 4) is 39.1 Å². The Bertz CT molecular complexity index is 3210. The molecular weight excluding hydrogens is 693 g/mol. The van der Waals surface area contributed by atoms with E-state index in [0.717, 1.165) is 78.1 Å². The van der Waals surface area contributed by atoms with Crippen molar-refractivity contribution in [3.63, 3.8) is 0 Å². The Balaban J connectivity index is 1.20. The minimum atomic E-state index is 0.882. The number of para-hydroxylation sites is 8. The van der Waals surface area contributed by atoms with Gasteiger partial charge >= 0.3 is 0 Å². The monoisotopic (exact) mass is 728 g/mol. The van der Waals surface area contributed by atoms with E-state index < -0.39 is 0 Å². The Morgan fingerprint density at radius 3 is 1.46 bits per heavy atom. The van der Waals surface area contributed by atoms with Crippen molar-refractivity contribution in [3.05, 3.63) is 218 Å². The molecule has 9 aromatic carbocycles. The maximum atomic E-state index is 6.68. The van der Waals surface area contributed by atoms with Gasteiger partial charge in [-0.25, -0.2) is 0 Å². The van der Waals surface area contributed by atoms with Crippen molar-refractivity contribution >= 4 is 60.8 Å². The van der Waals surface area contributed by atoms with E-state index in [1.165, 1.54) is 21.8 Å². The van der Waals surface area contributed by atoms with E-state index in [2.05, 4.69) is 222 Å². The van der Waals surface area contributed by atoms with E-state index in [0.29, 0.717) is 0 Å². The Hall–Kier alpha value is -7.62. The molecule has 0 aliphatic carbocycles. The van der Waals surface area contributed by atoms with Crippen LogP contribution in [-0.2, 0) is 0 Å². The van der Waals surface area contributed by atoms with Crippen LogP contribution < -0.4 is 4.90 Å². The fourth-order valence-corrected chi connectivity index (χ4v) is 8.75. The van der Waals surface area contributed by atoms with Crippen LogP contribution in [0.25, 0.3) is 82.8 Å². The Morgan fingerprint density at radius 2 is 0.772 bits per heavy atom. The first kappa shape index (κ1) is 32.8. The first-order valence-electron chi connectivity index (χ1n) is 19.4. The highest BCUT2D eigenvalue weighted by Gasteiger charge is 2.25. The predicted octanol–water partition coefficient (Wildman–Crippen LogP) is 15.2. The van der Waals surface area contributed by atoms with Crippen molar-refractivity contribution in [1.82, 2.24) is 4.57 Å². The van der Waals surface area contributed by atoms with Gasteiger partial charge in [-0.15, -0.1) is 0 Å². The third-order valence-electron chi connectivity index (χ3n) is 11.2. The molecule has 0 unspecified atom stereocenters. The molecule has 11 aromatic rings. The van der Waals surface area contributed by atoms with Gasteiger partial charge in [0, 0.05) is 49.4 Å². The maximum absolute atomic E-state index is 6.68. The van der Waals surface area contributed by atoms with Gasteiger partial charge < -0.3 is 13.9 Å². The zero-order valence-electron chi connectivity index (χ0n) is 31.1. The largest absolute Gasteiger partial charge is 0.455 e. The third kappa shape index (κ3) is 5.36. The minimum absolute atomic E-state index is 0.882. The molecule has 0 saturated heterocycles. The molecule has 3 heteroatoms. The van der Waals surface area contributed by atoms with Crippen LogP contribution in [0.5, 0.6) is 0 Å². The summed E-state index contributed by atoms with van der Waals surface area (Å²) in [6.07, 6.45) is 0. The third-order valence-corrected chi connectivity index (χ3v) is 11.2. The highest BCUT2D eigenvalue weighted by Crippen LogP contribution is 2.50. The van der Waals surface area contributed by atoms with Gasteiger partial charge in [0.05, 0.1) is 33.8 Å². The van der Waals surface area contributed by atoms with Crippen LogP contribution in [0.4, 0.5) is 17.1 Å². The number of rotatable bonds is 7. The summed E-state index contributed by atoms with van der Waals surface area (Å²) in [7, 11) is 0. The molecule has 2 heterocycles. The van der Waals surface area contributed by atoms with Crippen molar-refractivity contribution in [1.29, 1.82) is 0 Å². The molecule has 0 aliphatic heterocycles. The maximum Gasteiger partial charge on any atom is 0.143 e. The van der Waals surface area contributed by atoms with Crippen LogP contribution in [0.1, 0.15) is 0 Å². The summed E-state index contributed by atoms with van der Waals surface area (Å²) in [5.41, 5.74) is 15.1. The SMILES string of the molecule is c1ccc(-c2ccccc2N(c2ccccc2-c2ccccc2-n2c3ccccc3c3ccccc32)c2ccccc2-c2cccc3c2oc2ccccc23)cc1. The van der Waals surface area contributed by atoms with E-state index in [1.807, 2.05) is 6.07 Å². The van der Waals surface area contributed by atoms with Gasteiger partial charge in [-0.1, -0.05) is 176 Å². The zero-order chi connectivity index (χ0) is 37.7. The van der Waals surface area contributed by atoms with E-state index >= 15 is 0 Å². The molecule has 0 spiro atoms. The lowest BCUT2D eigenvalue weighted by Gasteiger charge is -2.32. The van der Waals surface area contributed by atoms with E-state index in [4.69, 9.17) is 4.42 Å². The highest BCUT2D eigenvalue weighted by atomic mass is 16.3. The lowest BCUT2D eigenvalue weighted by Crippen LogP contribution is -2.14. The van der Waals surface area contributed by atoms with Crippen LogP contribution in [-0.4, -0.2) is 4.57 Å². The number of benzene rings is 9. The molecule has 268 valence electrons. The first-order chi connectivity index (χ1) is 28.3.